The Balaban J connectivity index is 2.18. The number of thiophene rings is 1. The quantitative estimate of drug-likeness (QED) is 0.668. The molecular weight excluding hydrogens is 330 g/mol. The molecule has 2 heterocycles. The molecule has 0 radical (unpaired) electrons. The van der Waals surface area contributed by atoms with Gasteiger partial charge in [0.15, 0.2) is 0 Å². The number of aromatic nitrogens is 2. The van der Waals surface area contributed by atoms with Crippen molar-refractivity contribution in [3.8, 4) is 11.4 Å². The van der Waals surface area contributed by atoms with Crippen molar-refractivity contribution in [1.29, 1.82) is 0 Å². The van der Waals surface area contributed by atoms with Gasteiger partial charge in [0.1, 0.15) is 10.7 Å². The summed E-state index contributed by atoms with van der Waals surface area (Å²) in [6, 6.07) is 10.0. The molecule has 4 nitrogen and oxygen atoms in total. The normalized spacial score (nSPS) is 11.6. The summed E-state index contributed by atoms with van der Waals surface area (Å²) in [6.45, 7) is 11.9. The molecule has 0 spiro atoms. The van der Waals surface area contributed by atoms with Crippen LogP contribution in [-0.2, 0) is 6.54 Å². The van der Waals surface area contributed by atoms with Crippen LogP contribution in [0.15, 0.2) is 35.1 Å². The molecule has 0 aliphatic rings. The number of benzene rings is 1. The van der Waals surface area contributed by atoms with Crippen LogP contribution in [0.1, 0.15) is 24.3 Å². The van der Waals surface area contributed by atoms with Gasteiger partial charge in [-0.25, -0.2) is 4.98 Å². The van der Waals surface area contributed by atoms with Crippen LogP contribution >= 0.6 is 11.3 Å². The first kappa shape index (κ1) is 17.8. The lowest BCUT2D eigenvalue weighted by Gasteiger charge is -2.20. The highest BCUT2D eigenvalue weighted by molar-refractivity contribution is 7.18. The first-order valence-corrected chi connectivity index (χ1v) is 9.66. The molecule has 25 heavy (non-hydrogen) atoms. The van der Waals surface area contributed by atoms with Crippen LogP contribution in [0, 0.1) is 13.8 Å². The standard InChI is InChI=1S/C20H25N3OS/c1-5-22(6-2)12-13-23-18(16-10-8-7-9-11-16)21-19-17(20(23)24)14(3)15(4)25-19/h7-11H,5-6,12-13H2,1-4H3. The molecule has 1 aromatic carbocycles. The van der Waals surface area contributed by atoms with E-state index in [0.29, 0.717) is 6.54 Å². The molecule has 0 aliphatic heterocycles. The molecule has 0 unspecified atom stereocenters. The van der Waals surface area contributed by atoms with Crippen LogP contribution in [0.25, 0.3) is 21.6 Å². The number of hydrogen-bond acceptors (Lipinski definition) is 4. The molecule has 0 bridgehead atoms. The van der Waals surface area contributed by atoms with Gasteiger partial charge in [0, 0.05) is 23.5 Å². The second kappa shape index (κ2) is 7.50. The molecule has 0 saturated heterocycles. The Hall–Kier alpha value is -1.98. The van der Waals surface area contributed by atoms with E-state index in [2.05, 4.69) is 25.7 Å². The van der Waals surface area contributed by atoms with Crippen molar-refractivity contribution in [2.24, 2.45) is 0 Å². The third-order valence-electron chi connectivity index (χ3n) is 4.86. The number of rotatable bonds is 6. The van der Waals surface area contributed by atoms with E-state index in [-0.39, 0.29) is 5.56 Å². The van der Waals surface area contributed by atoms with E-state index in [4.69, 9.17) is 4.98 Å². The van der Waals surface area contributed by atoms with Crippen molar-refractivity contribution in [2.75, 3.05) is 19.6 Å². The molecule has 3 aromatic rings. The van der Waals surface area contributed by atoms with Crippen molar-refractivity contribution in [2.45, 2.75) is 34.2 Å². The van der Waals surface area contributed by atoms with Gasteiger partial charge in [0.2, 0.25) is 0 Å². The number of hydrogen-bond donors (Lipinski definition) is 0. The minimum Gasteiger partial charge on any atom is -0.302 e. The van der Waals surface area contributed by atoms with E-state index in [0.717, 1.165) is 46.8 Å². The molecule has 0 N–H and O–H groups in total. The van der Waals surface area contributed by atoms with Crippen LogP contribution in [0.5, 0.6) is 0 Å². The fourth-order valence-electron chi connectivity index (χ4n) is 3.12. The molecule has 3 rings (SSSR count). The molecule has 5 heteroatoms. The van der Waals surface area contributed by atoms with E-state index >= 15 is 0 Å². The summed E-state index contributed by atoms with van der Waals surface area (Å²) < 4.78 is 1.86. The molecule has 132 valence electrons. The fourth-order valence-corrected chi connectivity index (χ4v) is 4.14. The van der Waals surface area contributed by atoms with Crippen LogP contribution in [-0.4, -0.2) is 34.1 Å². The first-order chi connectivity index (χ1) is 12.1. The third kappa shape index (κ3) is 3.39. The van der Waals surface area contributed by atoms with Gasteiger partial charge in [-0.15, -0.1) is 11.3 Å². The Morgan fingerprint density at radius 1 is 1.12 bits per heavy atom. The average molecular weight is 356 g/mol. The number of aryl methyl sites for hydroxylation is 2. The van der Waals surface area contributed by atoms with Crippen LogP contribution in [0.4, 0.5) is 0 Å². The van der Waals surface area contributed by atoms with Crippen LogP contribution in [0.3, 0.4) is 0 Å². The predicted molar refractivity (Wildman–Crippen MR) is 107 cm³/mol. The highest BCUT2D eigenvalue weighted by atomic mass is 32.1. The summed E-state index contributed by atoms with van der Waals surface area (Å²) >= 11 is 1.61. The maximum atomic E-state index is 13.3. The van der Waals surface area contributed by atoms with Gasteiger partial charge in [0.25, 0.3) is 5.56 Å². The third-order valence-corrected chi connectivity index (χ3v) is 5.96. The number of fused-ring (bicyclic) bond motifs is 1. The lowest BCUT2D eigenvalue weighted by Crippen LogP contribution is -2.32. The van der Waals surface area contributed by atoms with Crippen LogP contribution in [0.2, 0.25) is 0 Å². The average Bonchev–Trinajstić information content (AvgIpc) is 2.92. The van der Waals surface area contributed by atoms with E-state index in [1.165, 1.54) is 4.88 Å². The topological polar surface area (TPSA) is 38.1 Å². The molecular formula is C20H25N3OS. The van der Waals surface area contributed by atoms with Crippen molar-refractivity contribution < 1.29 is 0 Å². The summed E-state index contributed by atoms with van der Waals surface area (Å²) in [6.07, 6.45) is 0. The van der Waals surface area contributed by atoms with Crippen molar-refractivity contribution in [3.05, 3.63) is 51.1 Å². The van der Waals surface area contributed by atoms with Gasteiger partial charge in [0.05, 0.1) is 5.39 Å². The van der Waals surface area contributed by atoms with Crippen molar-refractivity contribution in [1.82, 2.24) is 14.5 Å². The van der Waals surface area contributed by atoms with Gasteiger partial charge in [-0.1, -0.05) is 44.2 Å². The number of likely N-dealkylation sites (N-methyl/N-ethyl adjacent to an activating group) is 1. The van der Waals surface area contributed by atoms with E-state index < -0.39 is 0 Å². The maximum absolute atomic E-state index is 13.3. The summed E-state index contributed by atoms with van der Waals surface area (Å²) in [7, 11) is 0. The highest BCUT2D eigenvalue weighted by Gasteiger charge is 2.17. The second-order valence-corrected chi connectivity index (χ2v) is 7.45. The van der Waals surface area contributed by atoms with Gasteiger partial charge >= 0.3 is 0 Å². The SMILES string of the molecule is CCN(CC)CCn1c(-c2ccccc2)nc2sc(C)c(C)c2c1=O. The molecule has 0 fully saturated rings. The lowest BCUT2D eigenvalue weighted by molar-refractivity contribution is 0.289. The van der Waals surface area contributed by atoms with E-state index in [1.807, 2.05) is 41.8 Å². The maximum Gasteiger partial charge on any atom is 0.262 e. The summed E-state index contributed by atoms with van der Waals surface area (Å²) in [5.74, 6) is 0.770. The molecule has 2 aromatic heterocycles. The second-order valence-electron chi connectivity index (χ2n) is 6.25. The fraction of sp³-hybridized carbons (Fsp3) is 0.400. The molecule has 0 aliphatic carbocycles. The molecule has 0 saturated carbocycles. The van der Waals surface area contributed by atoms with E-state index in [1.54, 1.807) is 11.3 Å². The largest absolute Gasteiger partial charge is 0.302 e. The Morgan fingerprint density at radius 2 is 1.80 bits per heavy atom. The van der Waals surface area contributed by atoms with Crippen molar-refractivity contribution >= 4 is 21.6 Å². The number of nitrogens with zero attached hydrogens (tertiary/aromatic N) is 3. The summed E-state index contributed by atoms with van der Waals surface area (Å²) in [5.41, 5.74) is 2.14. The minimum atomic E-state index is 0.0814. The first-order valence-electron chi connectivity index (χ1n) is 8.85. The Labute approximate surface area is 152 Å². The van der Waals surface area contributed by atoms with Gasteiger partial charge < -0.3 is 4.90 Å². The smallest absolute Gasteiger partial charge is 0.262 e. The van der Waals surface area contributed by atoms with E-state index in [9.17, 15) is 4.79 Å². The van der Waals surface area contributed by atoms with Gasteiger partial charge in [-0.3, -0.25) is 9.36 Å². The van der Waals surface area contributed by atoms with Gasteiger partial charge in [-0.05, 0) is 32.5 Å². The van der Waals surface area contributed by atoms with Crippen molar-refractivity contribution in [3.63, 3.8) is 0 Å². The predicted octanol–water partition coefficient (Wildman–Crippen LogP) is 4.08. The Morgan fingerprint density at radius 3 is 2.44 bits per heavy atom. The lowest BCUT2D eigenvalue weighted by atomic mass is 10.2. The zero-order chi connectivity index (χ0) is 18.0. The zero-order valence-corrected chi connectivity index (χ0v) is 16.2. The minimum absolute atomic E-state index is 0.0814. The summed E-state index contributed by atoms with van der Waals surface area (Å²) in [5, 5.41) is 0.779. The monoisotopic (exact) mass is 355 g/mol. The van der Waals surface area contributed by atoms with Crippen LogP contribution < -0.4 is 5.56 Å². The Bertz CT molecular complexity index is 924. The Kier molecular flexibility index (Phi) is 5.35. The molecule has 0 atom stereocenters. The molecule has 0 amide bonds. The zero-order valence-electron chi connectivity index (χ0n) is 15.4. The summed E-state index contributed by atoms with van der Waals surface area (Å²) in [4.78, 5) is 22.5. The highest BCUT2D eigenvalue weighted by Crippen LogP contribution is 2.28. The van der Waals surface area contributed by atoms with Gasteiger partial charge in [-0.2, -0.15) is 0 Å².